The number of carbonyl (C=O) groups is 1. The van der Waals surface area contributed by atoms with Gasteiger partial charge in [0, 0.05) is 17.8 Å². The zero-order valence-electron chi connectivity index (χ0n) is 23.6. The van der Waals surface area contributed by atoms with Crippen LogP contribution >= 0.6 is 0 Å². The standard InChI is InChI=1S/C30H30F3N3O6S/c1-4-40-28(37)18-36(43(38,39)35-25-13-5-20(2)6-14-25)17-22-7-15-26(16-8-22)41-19-27-21(3)42-29(34-27)23-9-11-24(12-10-23)30(31,32)33/h5-16,35H,4,17-19H2,1-3H3. The lowest BCUT2D eigenvalue weighted by Gasteiger charge is -2.22. The minimum Gasteiger partial charge on any atom is -0.487 e. The van der Waals surface area contributed by atoms with Gasteiger partial charge in [0.2, 0.25) is 5.89 Å². The second kappa shape index (κ2) is 13.3. The molecule has 4 rings (SSSR count). The number of ether oxygens (including phenoxy) is 2. The van der Waals surface area contributed by atoms with Crippen molar-refractivity contribution in [3.05, 3.63) is 101 Å². The van der Waals surface area contributed by atoms with Gasteiger partial charge in [-0.3, -0.25) is 9.52 Å². The topological polar surface area (TPSA) is 111 Å². The third-order valence-electron chi connectivity index (χ3n) is 6.26. The first-order chi connectivity index (χ1) is 20.3. The molecule has 0 saturated heterocycles. The normalized spacial score (nSPS) is 11.9. The minimum absolute atomic E-state index is 0.0269. The summed E-state index contributed by atoms with van der Waals surface area (Å²) in [6.07, 6.45) is -4.44. The SMILES string of the molecule is CCOC(=O)CN(Cc1ccc(OCc2nc(-c3ccc(C(F)(F)F)cc3)oc2C)cc1)S(=O)(=O)Nc1ccc(C)cc1. The summed E-state index contributed by atoms with van der Waals surface area (Å²) in [4.78, 5) is 16.6. The lowest BCUT2D eigenvalue weighted by molar-refractivity contribution is -0.143. The quantitative estimate of drug-likeness (QED) is 0.186. The number of hydrogen-bond acceptors (Lipinski definition) is 7. The van der Waals surface area contributed by atoms with Crippen LogP contribution in [0, 0.1) is 13.8 Å². The number of nitrogens with one attached hydrogen (secondary N) is 1. The van der Waals surface area contributed by atoms with Crippen molar-refractivity contribution in [2.24, 2.45) is 0 Å². The molecule has 1 heterocycles. The Labute approximate surface area is 247 Å². The molecule has 0 bridgehead atoms. The highest BCUT2D eigenvalue weighted by molar-refractivity contribution is 7.90. The van der Waals surface area contributed by atoms with Gasteiger partial charge in [0.1, 0.15) is 30.4 Å². The maximum absolute atomic E-state index is 13.2. The van der Waals surface area contributed by atoms with Gasteiger partial charge in [-0.1, -0.05) is 29.8 Å². The first kappa shape index (κ1) is 31.6. The van der Waals surface area contributed by atoms with Gasteiger partial charge in [-0.25, -0.2) is 4.98 Å². The molecule has 1 N–H and O–H groups in total. The van der Waals surface area contributed by atoms with Crippen molar-refractivity contribution in [1.82, 2.24) is 9.29 Å². The Bertz CT molecular complexity index is 1640. The first-order valence-electron chi connectivity index (χ1n) is 13.2. The highest BCUT2D eigenvalue weighted by Gasteiger charge is 2.30. The van der Waals surface area contributed by atoms with Gasteiger partial charge >= 0.3 is 22.4 Å². The number of esters is 1. The van der Waals surface area contributed by atoms with E-state index in [1.165, 1.54) is 12.1 Å². The Balaban J connectivity index is 1.42. The predicted octanol–water partition coefficient (Wildman–Crippen LogP) is 6.28. The Hall–Kier alpha value is -4.36. The second-order valence-electron chi connectivity index (χ2n) is 9.58. The van der Waals surface area contributed by atoms with Crippen LogP contribution < -0.4 is 9.46 Å². The summed E-state index contributed by atoms with van der Waals surface area (Å²) in [5.41, 5.74) is 2.00. The molecule has 0 fully saturated rings. The van der Waals surface area contributed by atoms with E-state index in [0.717, 1.165) is 22.0 Å². The molecule has 0 unspecified atom stereocenters. The van der Waals surface area contributed by atoms with Crippen LogP contribution in [0.4, 0.5) is 18.9 Å². The molecule has 1 aromatic heterocycles. The van der Waals surface area contributed by atoms with Gasteiger partial charge < -0.3 is 13.9 Å². The number of aryl methyl sites for hydroxylation is 2. The minimum atomic E-state index is -4.44. The summed E-state index contributed by atoms with van der Waals surface area (Å²) in [7, 11) is -4.11. The first-order valence-corrected chi connectivity index (χ1v) is 14.6. The van der Waals surface area contributed by atoms with Gasteiger partial charge in [-0.2, -0.15) is 25.9 Å². The third-order valence-corrected chi connectivity index (χ3v) is 7.69. The average Bonchev–Trinajstić information content (AvgIpc) is 3.33. The van der Waals surface area contributed by atoms with E-state index in [9.17, 15) is 26.4 Å². The zero-order valence-corrected chi connectivity index (χ0v) is 24.5. The Morgan fingerprint density at radius 3 is 2.23 bits per heavy atom. The van der Waals surface area contributed by atoms with E-state index in [-0.39, 0.29) is 25.6 Å². The Morgan fingerprint density at radius 2 is 1.63 bits per heavy atom. The van der Waals surface area contributed by atoms with Gasteiger partial charge in [0.25, 0.3) is 0 Å². The van der Waals surface area contributed by atoms with Crippen LogP contribution in [0.3, 0.4) is 0 Å². The van der Waals surface area contributed by atoms with Crippen LogP contribution in [0.25, 0.3) is 11.5 Å². The molecule has 3 aromatic carbocycles. The number of anilines is 1. The van der Waals surface area contributed by atoms with Crippen molar-refractivity contribution in [2.75, 3.05) is 17.9 Å². The van der Waals surface area contributed by atoms with Crippen LogP contribution in [0.5, 0.6) is 5.75 Å². The summed E-state index contributed by atoms with van der Waals surface area (Å²) in [5, 5.41) is 0. The van der Waals surface area contributed by atoms with Crippen molar-refractivity contribution in [3.63, 3.8) is 0 Å². The van der Waals surface area contributed by atoms with Crippen molar-refractivity contribution in [3.8, 4) is 17.2 Å². The number of hydrogen-bond donors (Lipinski definition) is 1. The van der Waals surface area contributed by atoms with E-state index >= 15 is 0 Å². The fourth-order valence-electron chi connectivity index (χ4n) is 3.95. The van der Waals surface area contributed by atoms with E-state index in [2.05, 4.69) is 9.71 Å². The molecule has 43 heavy (non-hydrogen) atoms. The number of aromatic nitrogens is 1. The molecular weight excluding hydrogens is 587 g/mol. The molecular formula is C30H30F3N3O6S. The molecule has 228 valence electrons. The highest BCUT2D eigenvalue weighted by atomic mass is 32.2. The number of halogens is 3. The Morgan fingerprint density at radius 1 is 0.977 bits per heavy atom. The lowest BCUT2D eigenvalue weighted by Crippen LogP contribution is -2.39. The van der Waals surface area contributed by atoms with Crippen LogP contribution in [-0.2, 0) is 39.1 Å². The van der Waals surface area contributed by atoms with Gasteiger partial charge in [-0.15, -0.1) is 0 Å². The number of benzene rings is 3. The molecule has 13 heteroatoms. The fourth-order valence-corrected chi connectivity index (χ4v) is 5.10. The molecule has 0 amide bonds. The van der Waals surface area contributed by atoms with Gasteiger partial charge in [0.15, 0.2) is 0 Å². The van der Waals surface area contributed by atoms with Crippen molar-refractivity contribution in [1.29, 1.82) is 0 Å². The monoisotopic (exact) mass is 617 g/mol. The number of nitrogens with zero attached hydrogens (tertiary/aromatic N) is 2. The number of oxazole rings is 1. The zero-order chi connectivity index (χ0) is 31.2. The van der Waals surface area contributed by atoms with Gasteiger partial charge in [-0.05, 0) is 74.9 Å². The second-order valence-corrected chi connectivity index (χ2v) is 11.2. The van der Waals surface area contributed by atoms with Crippen molar-refractivity contribution >= 4 is 21.9 Å². The smallest absolute Gasteiger partial charge is 0.416 e. The maximum Gasteiger partial charge on any atom is 0.416 e. The summed E-state index contributed by atoms with van der Waals surface area (Å²) < 4.78 is 84.8. The summed E-state index contributed by atoms with van der Waals surface area (Å²) in [5.74, 6) is 0.393. The summed E-state index contributed by atoms with van der Waals surface area (Å²) in [6.45, 7) is 4.73. The van der Waals surface area contributed by atoms with E-state index in [0.29, 0.717) is 34.0 Å². The summed E-state index contributed by atoms with van der Waals surface area (Å²) in [6, 6.07) is 17.9. The molecule has 0 aliphatic heterocycles. The van der Waals surface area contributed by atoms with Crippen LogP contribution in [-0.4, -0.2) is 36.8 Å². The van der Waals surface area contributed by atoms with E-state index in [1.54, 1.807) is 62.4 Å². The van der Waals surface area contributed by atoms with Crippen LogP contribution in [0.15, 0.2) is 77.2 Å². The molecule has 0 aliphatic rings. The maximum atomic E-state index is 13.2. The molecule has 9 nitrogen and oxygen atoms in total. The molecule has 0 spiro atoms. The number of rotatable bonds is 12. The molecule has 0 saturated carbocycles. The Kier molecular flexibility index (Phi) is 9.77. The van der Waals surface area contributed by atoms with Crippen molar-refractivity contribution < 1.29 is 40.3 Å². The molecule has 0 radical (unpaired) electrons. The molecule has 4 aromatic rings. The highest BCUT2D eigenvalue weighted by Crippen LogP contribution is 2.31. The van der Waals surface area contributed by atoms with E-state index in [1.807, 2.05) is 6.92 Å². The number of carbonyl (C=O) groups excluding carboxylic acids is 1. The van der Waals surface area contributed by atoms with Crippen LogP contribution in [0.2, 0.25) is 0 Å². The van der Waals surface area contributed by atoms with E-state index < -0.39 is 34.5 Å². The van der Waals surface area contributed by atoms with E-state index in [4.69, 9.17) is 13.9 Å². The van der Waals surface area contributed by atoms with Crippen LogP contribution in [0.1, 0.15) is 35.1 Å². The lowest BCUT2D eigenvalue weighted by atomic mass is 10.1. The fraction of sp³-hybridized carbons (Fsp3) is 0.267. The van der Waals surface area contributed by atoms with Gasteiger partial charge in [0.05, 0.1) is 12.2 Å². The third kappa shape index (κ3) is 8.58. The molecule has 0 aliphatic carbocycles. The van der Waals surface area contributed by atoms with Crippen molar-refractivity contribution in [2.45, 2.75) is 40.1 Å². The largest absolute Gasteiger partial charge is 0.487 e. The summed E-state index contributed by atoms with van der Waals surface area (Å²) >= 11 is 0. The number of alkyl halides is 3. The average molecular weight is 618 g/mol. The molecule has 0 atom stereocenters. The predicted molar refractivity (Wildman–Crippen MR) is 153 cm³/mol.